The van der Waals surface area contributed by atoms with E-state index in [4.69, 9.17) is 4.98 Å². The van der Waals surface area contributed by atoms with Crippen LogP contribution in [0.25, 0.3) is 21.8 Å². The highest BCUT2D eigenvalue weighted by atomic mass is 79.9. The highest BCUT2D eigenvalue weighted by Gasteiger charge is 2.15. The van der Waals surface area contributed by atoms with Gasteiger partial charge in [-0.3, -0.25) is 14.9 Å². The molecule has 8 nitrogen and oxygen atoms in total. The van der Waals surface area contributed by atoms with Crippen molar-refractivity contribution in [2.45, 2.75) is 33.2 Å². The van der Waals surface area contributed by atoms with Gasteiger partial charge in [-0.1, -0.05) is 53.2 Å². The number of benzene rings is 3. The third kappa shape index (κ3) is 4.70. The molecular weight excluding hydrogens is 534 g/mol. The zero-order valence-corrected chi connectivity index (χ0v) is 22.0. The molecule has 2 aromatic heterocycles. The van der Waals surface area contributed by atoms with Gasteiger partial charge in [0.25, 0.3) is 11.2 Å². The van der Waals surface area contributed by atoms with Gasteiger partial charge in [0.1, 0.15) is 5.82 Å². The van der Waals surface area contributed by atoms with Crippen molar-refractivity contribution in [2.75, 3.05) is 0 Å². The smallest absolute Gasteiger partial charge is 0.282 e. The molecule has 0 saturated heterocycles. The fraction of sp³-hybridized carbons (Fsp3) is 0.179. The fourth-order valence-corrected chi connectivity index (χ4v) is 4.91. The first-order valence-corrected chi connectivity index (χ1v) is 12.7. The maximum absolute atomic E-state index is 13.4. The summed E-state index contributed by atoms with van der Waals surface area (Å²) in [6.45, 7) is 4.60. The van der Waals surface area contributed by atoms with Crippen LogP contribution in [0.3, 0.4) is 0 Å². The molecule has 0 saturated carbocycles. The van der Waals surface area contributed by atoms with Gasteiger partial charge < -0.3 is 4.57 Å². The van der Waals surface area contributed by atoms with Crippen LogP contribution < -0.4 is 5.56 Å². The zero-order valence-electron chi connectivity index (χ0n) is 20.4. The van der Waals surface area contributed by atoms with Crippen molar-refractivity contribution in [2.24, 2.45) is 5.10 Å². The second kappa shape index (κ2) is 10.1. The number of nitrogens with zero attached hydrogens (tertiary/aromatic N) is 5. The maximum atomic E-state index is 13.4. The highest BCUT2D eigenvalue weighted by molar-refractivity contribution is 9.10. The van der Waals surface area contributed by atoms with Crippen LogP contribution in [-0.2, 0) is 13.0 Å². The molecule has 0 aliphatic rings. The number of hydrogen-bond acceptors (Lipinski definition) is 5. The van der Waals surface area contributed by atoms with Crippen LogP contribution in [0.4, 0.5) is 5.69 Å². The third-order valence-corrected chi connectivity index (χ3v) is 6.91. The van der Waals surface area contributed by atoms with Crippen LogP contribution in [0.5, 0.6) is 0 Å². The summed E-state index contributed by atoms with van der Waals surface area (Å²) in [4.78, 5) is 28.7. The number of fused-ring (bicyclic) bond motifs is 2. The number of halogens is 1. The maximum Gasteiger partial charge on any atom is 0.282 e. The van der Waals surface area contributed by atoms with Crippen LogP contribution in [-0.4, -0.2) is 25.4 Å². The number of aryl methyl sites for hydroxylation is 1. The van der Waals surface area contributed by atoms with E-state index in [-0.39, 0.29) is 11.2 Å². The first-order chi connectivity index (χ1) is 17.9. The summed E-state index contributed by atoms with van der Waals surface area (Å²) < 4.78 is 4.37. The molecule has 0 aliphatic heterocycles. The van der Waals surface area contributed by atoms with E-state index in [1.807, 2.05) is 50.2 Å². The quantitative estimate of drug-likeness (QED) is 0.135. The van der Waals surface area contributed by atoms with E-state index in [9.17, 15) is 14.9 Å². The second-order valence-corrected chi connectivity index (χ2v) is 9.74. The molecule has 0 fully saturated rings. The van der Waals surface area contributed by atoms with E-state index in [1.54, 1.807) is 24.4 Å². The summed E-state index contributed by atoms with van der Waals surface area (Å²) in [5, 5.41) is 17.2. The van der Waals surface area contributed by atoms with Crippen LogP contribution in [0, 0.1) is 17.0 Å². The van der Waals surface area contributed by atoms with Crippen LogP contribution >= 0.6 is 15.9 Å². The molecule has 37 heavy (non-hydrogen) atoms. The van der Waals surface area contributed by atoms with E-state index in [0.717, 1.165) is 38.6 Å². The summed E-state index contributed by atoms with van der Waals surface area (Å²) in [5.41, 5.74) is 4.35. The Morgan fingerprint density at radius 1 is 1.08 bits per heavy atom. The van der Waals surface area contributed by atoms with E-state index in [2.05, 4.69) is 25.6 Å². The lowest BCUT2D eigenvalue weighted by Crippen LogP contribution is -2.22. The van der Waals surface area contributed by atoms with Crippen molar-refractivity contribution in [1.29, 1.82) is 0 Å². The average Bonchev–Trinajstić information content (AvgIpc) is 3.15. The van der Waals surface area contributed by atoms with Gasteiger partial charge in [0.15, 0.2) is 0 Å². The first-order valence-electron chi connectivity index (χ1n) is 11.9. The summed E-state index contributed by atoms with van der Waals surface area (Å²) in [5.74, 6) is 0.617. The number of rotatable bonds is 7. The van der Waals surface area contributed by atoms with Crippen molar-refractivity contribution in [1.82, 2.24) is 14.2 Å². The number of nitro groups is 1. The topological polar surface area (TPSA) is 95.3 Å². The Morgan fingerprint density at radius 3 is 2.57 bits per heavy atom. The minimum atomic E-state index is -0.399. The van der Waals surface area contributed by atoms with E-state index in [1.165, 1.54) is 16.8 Å². The molecule has 2 heterocycles. The molecule has 3 aromatic carbocycles. The third-order valence-electron chi connectivity index (χ3n) is 6.42. The van der Waals surface area contributed by atoms with Crippen LogP contribution in [0.2, 0.25) is 0 Å². The van der Waals surface area contributed by atoms with Crippen molar-refractivity contribution in [3.05, 3.63) is 114 Å². The molecule has 0 atom stereocenters. The summed E-state index contributed by atoms with van der Waals surface area (Å²) in [7, 11) is 0. The zero-order chi connectivity index (χ0) is 26.1. The lowest BCUT2D eigenvalue weighted by Gasteiger charge is -2.09. The molecule has 0 N–H and O–H groups in total. The SMILES string of the molecule is CCCc1nc2ccc(Br)cc2c(=O)n1N=Cc1c(C)n(Cc2ccc([N+](=O)[O-])cc2)c2ccccc12. The monoisotopic (exact) mass is 557 g/mol. The molecule has 0 amide bonds. The minimum Gasteiger partial charge on any atom is -0.340 e. The average molecular weight is 558 g/mol. The van der Waals surface area contributed by atoms with Crippen LogP contribution in [0.15, 0.2) is 81.1 Å². The number of non-ortho nitro benzene ring substituents is 1. The molecule has 5 rings (SSSR count). The summed E-state index contributed by atoms with van der Waals surface area (Å²) in [6, 6.07) is 20.1. The number of aromatic nitrogens is 3. The van der Waals surface area contributed by atoms with Gasteiger partial charge in [-0.2, -0.15) is 9.78 Å². The number of nitro benzene ring substituents is 1. The van der Waals surface area contributed by atoms with Gasteiger partial charge in [0, 0.05) is 51.7 Å². The Morgan fingerprint density at radius 2 is 1.84 bits per heavy atom. The molecular formula is C28H24BrN5O3. The lowest BCUT2D eigenvalue weighted by molar-refractivity contribution is -0.384. The molecule has 0 radical (unpaired) electrons. The normalized spacial score (nSPS) is 11.6. The van der Waals surface area contributed by atoms with Gasteiger partial charge in [-0.25, -0.2) is 4.98 Å². The Balaban J connectivity index is 1.61. The Labute approximate surface area is 221 Å². The summed E-state index contributed by atoms with van der Waals surface area (Å²) >= 11 is 3.44. The lowest BCUT2D eigenvalue weighted by atomic mass is 10.1. The van der Waals surface area contributed by atoms with Crippen LogP contribution in [0.1, 0.15) is 36.0 Å². The Bertz CT molecular complexity index is 1740. The highest BCUT2D eigenvalue weighted by Crippen LogP contribution is 2.26. The predicted octanol–water partition coefficient (Wildman–Crippen LogP) is 6.21. The number of para-hydroxylation sites is 1. The van der Waals surface area contributed by atoms with Crippen molar-refractivity contribution >= 4 is 49.6 Å². The Hall–Kier alpha value is -4.11. The first kappa shape index (κ1) is 24.6. The van der Waals surface area contributed by atoms with E-state index >= 15 is 0 Å². The molecule has 9 heteroatoms. The van der Waals surface area contributed by atoms with Crippen molar-refractivity contribution in [3.8, 4) is 0 Å². The van der Waals surface area contributed by atoms with E-state index in [0.29, 0.717) is 29.7 Å². The van der Waals surface area contributed by atoms with Crippen molar-refractivity contribution in [3.63, 3.8) is 0 Å². The van der Waals surface area contributed by atoms with Crippen molar-refractivity contribution < 1.29 is 4.92 Å². The largest absolute Gasteiger partial charge is 0.340 e. The minimum absolute atomic E-state index is 0.0648. The predicted molar refractivity (Wildman–Crippen MR) is 150 cm³/mol. The van der Waals surface area contributed by atoms with Gasteiger partial charge in [-0.05, 0) is 43.2 Å². The molecule has 186 valence electrons. The van der Waals surface area contributed by atoms with E-state index < -0.39 is 4.92 Å². The summed E-state index contributed by atoms with van der Waals surface area (Å²) in [6.07, 6.45) is 3.19. The standard InChI is InChI=1S/C28H24BrN5O3/c1-3-6-27-31-25-14-11-20(29)15-23(25)28(35)33(27)30-16-24-18(2)32(26-8-5-4-7-22(24)26)17-19-9-12-21(13-10-19)34(36)37/h4-5,7-16H,3,6,17H2,1-2H3. The molecule has 0 spiro atoms. The fourth-order valence-electron chi connectivity index (χ4n) is 4.54. The van der Waals surface area contributed by atoms with Gasteiger partial charge in [0.05, 0.1) is 22.0 Å². The molecule has 0 aliphatic carbocycles. The van der Waals surface area contributed by atoms with Gasteiger partial charge >= 0.3 is 0 Å². The van der Waals surface area contributed by atoms with Gasteiger partial charge in [-0.15, -0.1) is 0 Å². The second-order valence-electron chi connectivity index (χ2n) is 8.83. The Kier molecular flexibility index (Phi) is 6.71. The molecule has 0 unspecified atom stereocenters. The molecule has 5 aromatic rings. The molecule has 0 bridgehead atoms. The van der Waals surface area contributed by atoms with Gasteiger partial charge in [0.2, 0.25) is 0 Å². The number of hydrogen-bond donors (Lipinski definition) is 0.